The molecule has 0 spiro atoms. The van der Waals surface area contributed by atoms with Gasteiger partial charge in [-0.05, 0) is 68.1 Å². The van der Waals surface area contributed by atoms with Crippen molar-refractivity contribution in [3.05, 3.63) is 82.8 Å². The molecular weight excluding hydrogens is 584 g/mol. The number of aryl methyl sites for hydroxylation is 2. The van der Waals surface area contributed by atoms with Crippen molar-refractivity contribution in [3.8, 4) is 5.75 Å². The molecule has 0 radical (unpaired) electrons. The lowest BCUT2D eigenvalue weighted by atomic mass is 10.1. The van der Waals surface area contributed by atoms with Crippen molar-refractivity contribution >= 4 is 40.9 Å². The zero-order valence-electron chi connectivity index (χ0n) is 25.3. The number of anilines is 2. The first-order valence-electron chi connectivity index (χ1n) is 14.2. The minimum absolute atomic E-state index is 0.0785. The van der Waals surface area contributed by atoms with Crippen molar-refractivity contribution in [2.45, 2.75) is 40.5 Å². The molecule has 0 atom stereocenters. The van der Waals surface area contributed by atoms with E-state index in [0.717, 1.165) is 11.3 Å². The fourth-order valence-electron chi connectivity index (χ4n) is 4.52. The number of benzene rings is 2. The van der Waals surface area contributed by atoms with Crippen LogP contribution in [0.2, 0.25) is 0 Å². The highest BCUT2D eigenvalue weighted by molar-refractivity contribution is 6.05. The van der Waals surface area contributed by atoms with E-state index < -0.39 is 18.9 Å². The SMILES string of the molecule is CCCNC(=O)c1ccc(C)c(N(C(=O)OCOC(=O)Cc2ccc(OO)cc2)c2ncnn3cc(C(=O)NCC)c(C)c23)c1. The second-order valence-electron chi connectivity index (χ2n) is 9.95. The Balaban J connectivity index is 1.68. The van der Waals surface area contributed by atoms with Crippen LogP contribution >= 0.6 is 0 Å². The molecule has 0 aliphatic carbocycles. The molecule has 2 aromatic heterocycles. The standard InChI is InChI=1S/C31H34N6O8/c1-5-13-33-29(39)22-10-7-19(3)25(15-22)37(28-27-20(4)24(30(40)32-6-2)16-36(27)35-17-34-28)31(41)44-18-43-26(38)14-21-8-11-23(45-42)12-9-21/h7-12,15-17,42H,5-6,13-14,18H2,1-4H3,(H,32,40)(H,33,39). The summed E-state index contributed by atoms with van der Waals surface area (Å²) in [5.41, 5.74) is 2.96. The Bertz CT molecular complexity index is 1700. The molecule has 0 fully saturated rings. The van der Waals surface area contributed by atoms with Crippen LogP contribution in [0.3, 0.4) is 0 Å². The van der Waals surface area contributed by atoms with Crippen molar-refractivity contribution in [1.29, 1.82) is 0 Å². The van der Waals surface area contributed by atoms with Crippen LogP contribution in [-0.4, -0.2) is 63.6 Å². The molecule has 4 aromatic rings. The average Bonchev–Trinajstić information content (AvgIpc) is 3.38. The van der Waals surface area contributed by atoms with E-state index in [0.29, 0.717) is 46.4 Å². The molecule has 0 bridgehead atoms. The molecule has 3 N–H and O–H groups in total. The van der Waals surface area contributed by atoms with E-state index in [1.54, 1.807) is 45.0 Å². The van der Waals surface area contributed by atoms with Crippen LogP contribution in [0, 0.1) is 13.8 Å². The van der Waals surface area contributed by atoms with Crippen molar-refractivity contribution in [2.75, 3.05) is 24.8 Å². The lowest BCUT2D eigenvalue weighted by molar-refractivity contribution is -0.150. The highest BCUT2D eigenvalue weighted by Gasteiger charge is 2.29. The van der Waals surface area contributed by atoms with E-state index in [-0.39, 0.29) is 35.5 Å². The topological polar surface area (TPSA) is 174 Å². The number of ether oxygens (including phenoxy) is 2. The van der Waals surface area contributed by atoms with E-state index in [2.05, 4.69) is 25.6 Å². The normalized spacial score (nSPS) is 10.7. The summed E-state index contributed by atoms with van der Waals surface area (Å²) in [4.78, 5) is 61.5. The second-order valence-corrected chi connectivity index (χ2v) is 9.95. The van der Waals surface area contributed by atoms with Gasteiger partial charge < -0.3 is 25.0 Å². The number of hydrogen-bond donors (Lipinski definition) is 3. The van der Waals surface area contributed by atoms with Gasteiger partial charge in [-0.2, -0.15) is 5.10 Å². The first-order valence-corrected chi connectivity index (χ1v) is 14.2. The number of carbonyl (C=O) groups excluding carboxylic acids is 4. The van der Waals surface area contributed by atoms with E-state index in [4.69, 9.17) is 14.7 Å². The van der Waals surface area contributed by atoms with Crippen LogP contribution < -0.4 is 20.4 Å². The molecule has 45 heavy (non-hydrogen) atoms. The molecule has 2 heterocycles. The minimum atomic E-state index is -0.956. The predicted molar refractivity (Wildman–Crippen MR) is 163 cm³/mol. The average molecular weight is 619 g/mol. The number of carbonyl (C=O) groups is 4. The zero-order chi connectivity index (χ0) is 32.5. The number of fused-ring (bicyclic) bond motifs is 1. The lowest BCUT2D eigenvalue weighted by Gasteiger charge is -2.24. The van der Waals surface area contributed by atoms with Crippen molar-refractivity contribution in [1.82, 2.24) is 25.2 Å². The Morgan fingerprint density at radius 3 is 2.42 bits per heavy atom. The minimum Gasteiger partial charge on any atom is -0.428 e. The number of aromatic nitrogens is 3. The summed E-state index contributed by atoms with van der Waals surface area (Å²) >= 11 is 0. The van der Waals surface area contributed by atoms with E-state index in [1.807, 2.05) is 6.92 Å². The monoisotopic (exact) mass is 618 g/mol. The molecule has 14 heteroatoms. The van der Waals surface area contributed by atoms with Crippen molar-refractivity contribution in [3.63, 3.8) is 0 Å². The highest BCUT2D eigenvalue weighted by atomic mass is 17.1. The molecule has 236 valence electrons. The fourth-order valence-corrected chi connectivity index (χ4v) is 4.52. The maximum atomic E-state index is 13.8. The van der Waals surface area contributed by atoms with Crippen LogP contribution in [0.25, 0.3) is 5.52 Å². The number of amides is 3. The van der Waals surface area contributed by atoms with Gasteiger partial charge in [0.25, 0.3) is 11.8 Å². The molecule has 0 aliphatic heterocycles. The highest BCUT2D eigenvalue weighted by Crippen LogP contribution is 2.34. The molecule has 0 unspecified atom stereocenters. The lowest BCUT2D eigenvalue weighted by Crippen LogP contribution is -2.31. The Hall–Kier alpha value is -5.50. The van der Waals surface area contributed by atoms with Gasteiger partial charge in [0.05, 0.1) is 17.7 Å². The molecule has 0 saturated heterocycles. The van der Waals surface area contributed by atoms with E-state index in [1.165, 1.54) is 35.2 Å². The smallest absolute Gasteiger partial charge is 0.423 e. The summed E-state index contributed by atoms with van der Waals surface area (Å²) in [6, 6.07) is 11.0. The molecule has 0 saturated carbocycles. The molecule has 14 nitrogen and oxygen atoms in total. The Labute approximate surface area is 258 Å². The fraction of sp³-hybridized carbons (Fsp3) is 0.290. The zero-order valence-corrected chi connectivity index (χ0v) is 25.3. The van der Waals surface area contributed by atoms with E-state index >= 15 is 0 Å². The van der Waals surface area contributed by atoms with Crippen LogP contribution in [0.15, 0.2) is 55.0 Å². The Morgan fingerprint density at radius 2 is 1.73 bits per heavy atom. The van der Waals surface area contributed by atoms with Crippen molar-refractivity contribution in [2.24, 2.45) is 0 Å². The van der Waals surface area contributed by atoms with Gasteiger partial charge in [0.2, 0.25) is 6.79 Å². The van der Waals surface area contributed by atoms with Gasteiger partial charge in [0, 0.05) is 24.8 Å². The first kappa shape index (κ1) is 32.4. The maximum absolute atomic E-state index is 13.8. The third-order valence-corrected chi connectivity index (χ3v) is 6.81. The van der Waals surface area contributed by atoms with Crippen LogP contribution in [0.5, 0.6) is 5.75 Å². The summed E-state index contributed by atoms with van der Waals surface area (Å²) in [6.45, 7) is 7.35. The number of hydrogen-bond acceptors (Lipinski definition) is 10. The van der Waals surface area contributed by atoms with Gasteiger partial charge in [0.1, 0.15) is 11.8 Å². The van der Waals surface area contributed by atoms with Crippen molar-refractivity contribution < 1.29 is 38.8 Å². The summed E-state index contributed by atoms with van der Waals surface area (Å²) in [6.07, 6.45) is 2.42. The summed E-state index contributed by atoms with van der Waals surface area (Å²) in [5, 5.41) is 18.5. The Morgan fingerprint density at radius 1 is 0.978 bits per heavy atom. The van der Waals surface area contributed by atoms with Crippen LogP contribution in [0.1, 0.15) is 57.7 Å². The Kier molecular flexibility index (Phi) is 10.7. The molecular formula is C31H34N6O8. The van der Waals surface area contributed by atoms with Gasteiger partial charge >= 0.3 is 12.1 Å². The predicted octanol–water partition coefficient (Wildman–Crippen LogP) is 4.11. The first-order chi connectivity index (χ1) is 21.7. The van der Waals surface area contributed by atoms with Gasteiger partial charge in [0.15, 0.2) is 11.6 Å². The number of nitrogens with one attached hydrogen (secondary N) is 2. The summed E-state index contributed by atoms with van der Waals surface area (Å²) in [7, 11) is 0. The molecule has 3 amide bonds. The maximum Gasteiger partial charge on any atom is 0.423 e. The number of rotatable bonds is 12. The quantitative estimate of drug-likeness (QED) is 0.0908. The molecule has 4 rings (SSSR count). The van der Waals surface area contributed by atoms with Crippen LogP contribution in [-0.2, 0) is 20.7 Å². The second kappa shape index (κ2) is 14.8. The largest absolute Gasteiger partial charge is 0.428 e. The van der Waals surface area contributed by atoms with Gasteiger partial charge in [-0.3, -0.25) is 14.4 Å². The summed E-state index contributed by atoms with van der Waals surface area (Å²) < 4.78 is 12.0. The molecule has 2 aromatic carbocycles. The van der Waals surface area contributed by atoms with Gasteiger partial charge in [-0.1, -0.05) is 25.1 Å². The van der Waals surface area contributed by atoms with Gasteiger partial charge in [-0.25, -0.2) is 24.5 Å². The third kappa shape index (κ3) is 7.54. The molecule has 0 aliphatic rings. The van der Waals surface area contributed by atoms with Gasteiger partial charge in [-0.15, -0.1) is 0 Å². The third-order valence-electron chi connectivity index (χ3n) is 6.81. The number of nitrogens with zero attached hydrogens (tertiary/aromatic N) is 4. The van der Waals surface area contributed by atoms with Crippen LogP contribution in [0.4, 0.5) is 16.3 Å². The summed E-state index contributed by atoms with van der Waals surface area (Å²) in [5.74, 6) is -1.04. The number of esters is 1. The van der Waals surface area contributed by atoms with E-state index in [9.17, 15) is 19.2 Å².